The van der Waals surface area contributed by atoms with E-state index in [0.29, 0.717) is 23.2 Å². The molecule has 3 rings (SSSR count). The van der Waals surface area contributed by atoms with E-state index in [0.717, 1.165) is 44.8 Å². The number of unbranched alkanes of at least 4 members (excludes halogenated alkanes) is 1. The molecular weight excluding hydrogens is 307 g/mol. The number of anilines is 1. The summed E-state index contributed by atoms with van der Waals surface area (Å²) in [6, 6.07) is 3.35. The lowest BCUT2D eigenvalue weighted by Gasteiger charge is -2.27. The van der Waals surface area contributed by atoms with Crippen LogP contribution in [-0.4, -0.2) is 27.1 Å². The van der Waals surface area contributed by atoms with Crippen molar-refractivity contribution in [1.29, 1.82) is 0 Å². The van der Waals surface area contributed by atoms with Crippen LogP contribution in [0.3, 0.4) is 0 Å². The minimum absolute atomic E-state index is 0.174. The van der Waals surface area contributed by atoms with Crippen LogP contribution in [0.25, 0.3) is 11.3 Å². The lowest BCUT2D eigenvalue weighted by molar-refractivity contribution is 0.559. The Morgan fingerprint density at radius 3 is 3.00 bits per heavy atom. The summed E-state index contributed by atoms with van der Waals surface area (Å²) in [4.78, 5) is 23.0. The van der Waals surface area contributed by atoms with Gasteiger partial charge in [-0.25, -0.2) is 9.37 Å². The molecule has 0 aromatic carbocycles. The molecule has 1 saturated heterocycles. The van der Waals surface area contributed by atoms with Gasteiger partial charge in [0.15, 0.2) is 5.82 Å². The average molecular weight is 330 g/mol. The van der Waals surface area contributed by atoms with E-state index in [9.17, 15) is 9.18 Å². The van der Waals surface area contributed by atoms with Gasteiger partial charge >= 0.3 is 0 Å². The van der Waals surface area contributed by atoms with Crippen molar-refractivity contribution in [3.63, 3.8) is 0 Å². The van der Waals surface area contributed by atoms with E-state index in [2.05, 4.69) is 21.8 Å². The van der Waals surface area contributed by atoms with Gasteiger partial charge in [-0.2, -0.15) is 0 Å². The van der Waals surface area contributed by atoms with Gasteiger partial charge in [0.1, 0.15) is 0 Å². The van der Waals surface area contributed by atoms with Gasteiger partial charge < -0.3 is 4.90 Å². The molecule has 0 saturated carbocycles. The minimum atomic E-state index is -0.465. The quantitative estimate of drug-likeness (QED) is 0.845. The van der Waals surface area contributed by atoms with Crippen LogP contribution in [0.4, 0.5) is 10.3 Å². The Morgan fingerprint density at radius 1 is 1.42 bits per heavy atom. The molecule has 1 unspecified atom stereocenters. The Hall–Kier alpha value is -2.24. The summed E-state index contributed by atoms with van der Waals surface area (Å²) >= 11 is 0. The van der Waals surface area contributed by atoms with E-state index in [-0.39, 0.29) is 5.56 Å². The Kier molecular flexibility index (Phi) is 4.92. The summed E-state index contributed by atoms with van der Waals surface area (Å²) in [5, 5.41) is 0. The molecule has 1 aliphatic rings. The summed E-state index contributed by atoms with van der Waals surface area (Å²) in [7, 11) is 1.73. The summed E-state index contributed by atoms with van der Waals surface area (Å²) in [5.74, 6) is 0.167. The first-order valence-corrected chi connectivity index (χ1v) is 8.56. The molecule has 3 heterocycles. The van der Waals surface area contributed by atoms with E-state index in [1.54, 1.807) is 17.7 Å². The summed E-state index contributed by atoms with van der Waals surface area (Å²) < 4.78 is 15.6. The number of hydrogen-bond donors (Lipinski definition) is 0. The monoisotopic (exact) mass is 330 g/mol. The minimum Gasteiger partial charge on any atom is -0.339 e. The molecule has 1 aliphatic heterocycles. The van der Waals surface area contributed by atoms with Gasteiger partial charge in [0, 0.05) is 37.5 Å². The Bertz CT molecular complexity index is 774. The highest BCUT2D eigenvalue weighted by molar-refractivity contribution is 5.60. The van der Waals surface area contributed by atoms with Crippen molar-refractivity contribution >= 4 is 5.95 Å². The predicted octanol–water partition coefficient (Wildman–Crippen LogP) is 3.14. The molecule has 0 spiro atoms. The van der Waals surface area contributed by atoms with E-state index in [4.69, 9.17) is 0 Å². The highest BCUT2D eigenvalue weighted by Gasteiger charge is 2.27. The lowest BCUT2D eigenvalue weighted by atomic mass is 10.1. The highest BCUT2D eigenvalue weighted by atomic mass is 19.1. The van der Waals surface area contributed by atoms with Crippen LogP contribution in [0, 0.1) is 5.82 Å². The molecule has 0 N–H and O–H groups in total. The number of nitrogens with zero attached hydrogens (tertiary/aromatic N) is 4. The standard InChI is InChI=1S/C18H23FN4O/c1-3-4-6-13-7-5-10-23(13)18-21-16(11-17(24)22(18)2)14-8-9-20-12-15(14)19/h8-9,11-13H,3-7,10H2,1-2H3. The third kappa shape index (κ3) is 3.18. The van der Waals surface area contributed by atoms with Crippen LogP contribution in [0.15, 0.2) is 29.3 Å². The fourth-order valence-electron chi connectivity index (χ4n) is 3.34. The van der Waals surface area contributed by atoms with Crippen molar-refractivity contribution in [1.82, 2.24) is 14.5 Å². The van der Waals surface area contributed by atoms with E-state index in [1.807, 2.05) is 0 Å². The Balaban J connectivity index is 2.02. The molecule has 1 fully saturated rings. The molecule has 6 heteroatoms. The molecule has 1 atom stereocenters. The van der Waals surface area contributed by atoms with E-state index >= 15 is 0 Å². The zero-order valence-electron chi connectivity index (χ0n) is 14.2. The van der Waals surface area contributed by atoms with Gasteiger partial charge in [0.2, 0.25) is 5.95 Å². The molecule has 128 valence electrons. The second kappa shape index (κ2) is 7.11. The summed E-state index contributed by atoms with van der Waals surface area (Å²) in [5.41, 5.74) is 0.509. The maximum absolute atomic E-state index is 14.0. The molecule has 2 aromatic rings. The van der Waals surface area contributed by atoms with Crippen molar-refractivity contribution in [3.8, 4) is 11.3 Å². The fourth-order valence-corrected chi connectivity index (χ4v) is 3.34. The van der Waals surface area contributed by atoms with Gasteiger partial charge in [-0.15, -0.1) is 0 Å². The zero-order valence-corrected chi connectivity index (χ0v) is 14.2. The number of rotatable bonds is 5. The molecular formula is C18H23FN4O. The molecule has 5 nitrogen and oxygen atoms in total. The second-order valence-electron chi connectivity index (χ2n) is 6.33. The molecule has 0 aliphatic carbocycles. The van der Waals surface area contributed by atoms with Crippen LogP contribution >= 0.6 is 0 Å². The largest absolute Gasteiger partial charge is 0.339 e. The van der Waals surface area contributed by atoms with E-state index < -0.39 is 5.82 Å². The average Bonchev–Trinajstić information content (AvgIpc) is 3.04. The van der Waals surface area contributed by atoms with Gasteiger partial charge in [-0.1, -0.05) is 19.8 Å². The maximum atomic E-state index is 14.0. The van der Waals surface area contributed by atoms with Crippen molar-refractivity contribution in [2.75, 3.05) is 11.4 Å². The fraction of sp³-hybridized carbons (Fsp3) is 0.500. The van der Waals surface area contributed by atoms with Gasteiger partial charge in [0.25, 0.3) is 5.56 Å². The first-order valence-electron chi connectivity index (χ1n) is 8.56. The third-order valence-corrected chi connectivity index (χ3v) is 4.68. The highest BCUT2D eigenvalue weighted by Crippen LogP contribution is 2.28. The smallest absolute Gasteiger partial charge is 0.255 e. The lowest BCUT2D eigenvalue weighted by Crippen LogP contribution is -2.35. The second-order valence-corrected chi connectivity index (χ2v) is 6.33. The zero-order chi connectivity index (χ0) is 17.1. The van der Waals surface area contributed by atoms with E-state index in [1.165, 1.54) is 12.3 Å². The Labute approximate surface area is 141 Å². The van der Waals surface area contributed by atoms with Gasteiger partial charge in [-0.05, 0) is 25.3 Å². The van der Waals surface area contributed by atoms with Gasteiger partial charge in [0.05, 0.1) is 11.9 Å². The Morgan fingerprint density at radius 2 is 2.25 bits per heavy atom. The molecule has 0 bridgehead atoms. The molecule has 0 amide bonds. The maximum Gasteiger partial charge on any atom is 0.255 e. The van der Waals surface area contributed by atoms with Crippen LogP contribution in [0.2, 0.25) is 0 Å². The van der Waals surface area contributed by atoms with Crippen LogP contribution in [0.5, 0.6) is 0 Å². The van der Waals surface area contributed by atoms with Crippen LogP contribution < -0.4 is 10.5 Å². The summed E-state index contributed by atoms with van der Waals surface area (Å²) in [6.45, 7) is 3.07. The van der Waals surface area contributed by atoms with Crippen molar-refractivity contribution in [2.24, 2.45) is 7.05 Å². The SMILES string of the molecule is CCCCC1CCCN1c1nc(-c2ccncc2F)cc(=O)n1C. The number of pyridine rings is 1. The first-order chi connectivity index (χ1) is 11.6. The number of halogens is 1. The normalized spacial score (nSPS) is 17.5. The number of aromatic nitrogens is 3. The van der Waals surface area contributed by atoms with Crippen LogP contribution in [-0.2, 0) is 7.05 Å². The van der Waals surface area contributed by atoms with Crippen molar-refractivity contribution in [2.45, 2.75) is 45.1 Å². The topological polar surface area (TPSA) is 51.0 Å². The van der Waals surface area contributed by atoms with Crippen molar-refractivity contribution in [3.05, 3.63) is 40.7 Å². The van der Waals surface area contributed by atoms with Crippen LogP contribution in [0.1, 0.15) is 39.0 Å². The number of hydrogen-bond acceptors (Lipinski definition) is 4. The molecule has 24 heavy (non-hydrogen) atoms. The predicted molar refractivity (Wildman–Crippen MR) is 92.6 cm³/mol. The third-order valence-electron chi connectivity index (χ3n) is 4.68. The molecule has 2 aromatic heterocycles. The van der Waals surface area contributed by atoms with Gasteiger partial charge in [-0.3, -0.25) is 14.3 Å². The van der Waals surface area contributed by atoms with Crippen molar-refractivity contribution < 1.29 is 4.39 Å². The first kappa shape index (κ1) is 16.6. The summed E-state index contributed by atoms with van der Waals surface area (Å²) in [6.07, 6.45) is 8.28. The molecule has 0 radical (unpaired) electrons.